The summed E-state index contributed by atoms with van der Waals surface area (Å²) >= 11 is 0. The number of hydrogen-bond acceptors (Lipinski definition) is 5. The van der Waals surface area contributed by atoms with Gasteiger partial charge in [0, 0.05) is 24.2 Å². The standard InChI is InChI=1S/C15H22N2O4/c1-4-9(2)17-15(18)10(3)21-12-6-14-13(19-8-20-14)5-11(12)7-16/h5-6,9-10H,4,7-8,16H2,1-3H3,(H,17,18). The number of hydrogen-bond donors (Lipinski definition) is 2. The number of nitrogens with one attached hydrogen (secondary N) is 1. The first kappa shape index (κ1) is 15.4. The van der Waals surface area contributed by atoms with Crippen LogP contribution in [0.2, 0.25) is 0 Å². The number of amides is 1. The van der Waals surface area contributed by atoms with Gasteiger partial charge in [0.05, 0.1) is 0 Å². The molecule has 0 fully saturated rings. The van der Waals surface area contributed by atoms with Crippen molar-refractivity contribution in [3.05, 3.63) is 17.7 Å². The molecule has 0 aliphatic carbocycles. The van der Waals surface area contributed by atoms with Gasteiger partial charge < -0.3 is 25.3 Å². The maximum absolute atomic E-state index is 12.0. The minimum absolute atomic E-state index is 0.120. The van der Waals surface area contributed by atoms with E-state index in [1.807, 2.05) is 13.8 Å². The molecule has 116 valence electrons. The van der Waals surface area contributed by atoms with E-state index in [1.54, 1.807) is 19.1 Å². The second-order valence-corrected chi connectivity index (χ2v) is 5.10. The molecule has 1 heterocycles. The highest BCUT2D eigenvalue weighted by molar-refractivity contribution is 5.81. The van der Waals surface area contributed by atoms with Crippen molar-refractivity contribution in [3.8, 4) is 17.2 Å². The van der Waals surface area contributed by atoms with E-state index in [0.29, 0.717) is 23.8 Å². The fraction of sp³-hybridized carbons (Fsp3) is 0.533. The second kappa shape index (κ2) is 6.67. The van der Waals surface area contributed by atoms with Crippen LogP contribution in [0.4, 0.5) is 0 Å². The van der Waals surface area contributed by atoms with Gasteiger partial charge in [-0.25, -0.2) is 0 Å². The van der Waals surface area contributed by atoms with Crippen LogP contribution in [-0.4, -0.2) is 24.8 Å². The molecule has 0 spiro atoms. The maximum Gasteiger partial charge on any atom is 0.260 e. The van der Waals surface area contributed by atoms with Crippen LogP contribution in [0.1, 0.15) is 32.8 Å². The van der Waals surface area contributed by atoms with Crippen LogP contribution in [0.3, 0.4) is 0 Å². The Balaban J connectivity index is 2.10. The van der Waals surface area contributed by atoms with Gasteiger partial charge in [-0.1, -0.05) is 6.92 Å². The van der Waals surface area contributed by atoms with E-state index in [0.717, 1.165) is 12.0 Å². The van der Waals surface area contributed by atoms with Gasteiger partial charge in [0.25, 0.3) is 5.91 Å². The average Bonchev–Trinajstić information content (AvgIpc) is 2.93. The maximum atomic E-state index is 12.0. The Bertz CT molecular complexity index is 519. The fourth-order valence-electron chi connectivity index (χ4n) is 1.94. The molecule has 0 saturated heterocycles. The van der Waals surface area contributed by atoms with Crippen LogP contribution in [0.15, 0.2) is 12.1 Å². The zero-order valence-corrected chi connectivity index (χ0v) is 12.6. The van der Waals surface area contributed by atoms with Crippen LogP contribution < -0.4 is 25.3 Å². The molecule has 0 bridgehead atoms. The zero-order valence-electron chi connectivity index (χ0n) is 12.6. The van der Waals surface area contributed by atoms with E-state index in [-0.39, 0.29) is 18.7 Å². The summed E-state index contributed by atoms with van der Waals surface area (Å²) in [6.07, 6.45) is 0.265. The molecule has 1 aromatic rings. The van der Waals surface area contributed by atoms with Gasteiger partial charge in [0.15, 0.2) is 17.6 Å². The van der Waals surface area contributed by atoms with Gasteiger partial charge in [-0.15, -0.1) is 0 Å². The fourth-order valence-corrected chi connectivity index (χ4v) is 1.94. The Morgan fingerprint density at radius 1 is 1.38 bits per heavy atom. The number of fused-ring (bicyclic) bond motifs is 1. The van der Waals surface area contributed by atoms with E-state index in [2.05, 4.69) is 5.32 Å². The minimum atomic E-state index is -0.607. The Morgan fingerprint density at radius 3 is 2.67 bits per heavy atom. The summed E-state index contributed by atoms with van der Waals surface area (Å²) < 4.78 is 16.4. The van der Waals surface area contributed by atoms with Gasteiger partial charge in [-0.05, 0) is 26.3 Å². The largest absolute Gasteiger partial charge is 0.480 e. The van der Waals surface area contributed by atoms with Crippen LogP contribution in [0, 0.1) is 0 Å². The van der Waals surface area contributed by atoms with Crippen molar-refractivity contribution in [2.24, 2.45) is 5.73 Å². The predicted octanol–water partition coefficient (Wildman–Crippen LogP) is 1.56. The number of carbonyl (C=O) groups excluding carboxylic acids is 1. The van der Waals surface area contributed by atoms with E-state index < -0.39 is 6.10 Å². The molecule has 2 atom stereocenters. The van der Waals surface area contributed by atoms with E-state index in [9.17, 15) is 4.79 Å². The van der Waals surface area contributed by atoms with Crippen molar-refractivity contribution >= 4 is 5.91 Å². The number of nitrogens with two attached hydrogens (primary N) is 1. The van der Waals surface area contributed by atoms with E-state index in [1.165, 1.54) is 0 Å². The number of benzene rings is 1. The molecule has 2 rings (SSSR count). The van der Waals surface area contributed by atoms with Gasteiger partial charge in [0.2, 0.25) is 6.79 Å². The lowest BCUT2D eigenvalue weighted by Gasteiger charge is -2.19. The monoisotopic (exact) mass is 294 g/mol. The molecule has 1 amide bonds. The third-order valence-corrected chi connectivity index (χ3v) is 3.45. The Morgan fingerprint density at radius 2 is 2.05 bits per heavy atom. The summed E-state index contributed by atoms with van der Waals surface area (Å²) in [7, 11) is 0. The molecule has 21 heavy (non-hydrogen) atoms. The molecule has 1 aliphatic heterocycles. The minimum Gasteiger partial charge on any atom is -0.480 e. The summed E-state index contributed by atoms with van der Waals surface area (Å²) in [4.78, 5) is 12.0. The van der Waals surface area contributed by atoms with E-state index in [4.69, 9.17) is 19.9 Å². The lowest BCUT2D eigenvalue weighted by molar-refractivity contribution is -0.127. The first-order valence-corrected chi connectivity index (χ1v) is 7.14. The normalized spacial score (nSPS) is 15.4. The number of rotatable bonds is 6. The van der Waals surface area contributed by atoms with Crippen LogP contribution >= 0.6 is 0 Å². The van der Waals surface area contributed by atoms with Crippen molar-refractivity contribution in [2.45, 2.75) is 45.9 Å². The van der Waals surface area contributed by atoms with Gasteiger partial charge >= 0.3 is 0 Å². The van der Waals surface area contributed by atoms with Crippen LogP contribution in [0.5, 0.6) is 17.2 Å². The third-order valence-electron chi connectivity index (χ3n) is 3.45. The first-order valence-electron chi connectivity index (χ1n) is 7.14. The third kappa shape index (κ3) is 3.58. The smallest absolute Gasteiger partial charge is 0.260 e. The molecule has 0 aromatic heterocycles. The van der Waals surface area contributed by atoms with Gasteiger partial charge in [-0.3, -0.25) is 4.79 Å². The average molecular weight is 294 g/mol. The van der Waals surface area contributed by atoms with E-state index >= 15 is 0 Å². The molecule has 6 nitrogen and oxygen atoms in total. The van der Waals surface area contributed by atoms with Gasteiger partial charge in [0.1, 0.15) is 5.75 Å². The summed E-state index contributed by atoms with van der Waals surface area (Å²) in [5, 5.41) is 2.89. The first-order chi connectivity index (χ1) is 10.0. The summed E-state index contributed by atoms with van der Waals surface area (Å²) in [5.74, 6) is 1.66. The highest BCUT2D eigenvalue weighted by Crippen LogP contribution is 2.38. The summed E-state index contributed by atoms with van der Waals surface area (Å²) in [5.41, 5.74) is 6.50. The zero-order chi connectivity index (χ0) is 15.4. The quantitative estimate of drug-likeness (QED) is 0.832. The van der Waals surface area contributed by atoms with Crippen LogP contribution in [0.25, 0.3) is 0 Å². The lowest BCUT2D eigenvalue weighted by Crippen LogP contribution is -2.41. The molecule has 0 saturated carbocycles. The Labute approximate surface area is 124 Å². The van der Waals surface area contributed by atoms with Crippen molar-refractivity contribution in [1.82, 2.24) is 5.32 Å². The lowest BCUT2D eigenvalue weighted by atomic mass is 10.1. The van der Waals surface area contributed by atoms with Crippen molar-refractivity contribution < 1.29 is 19.0 Å². The van der Waals surface area contributed by atoms with Gasteiger partial charge in [-0.2, -0.15) is 0 Å². The van der Waals surface area contributed by atoms with Crippen molar-refractivity contribution in [3.63, 3.8) is 0 Å². The molecule has 1 aromatic carbocycles. The highest BCUT2D eigenvalue weighted by atomic mass is 16.7. The van der Waals surface area contributed by atoms with Crippen molar-refractivity contribution in [2.75, 3.05) is 6.79 Å². The molecule has 3 N–H and O–H groups in total. The molecule has 1 aliphatic rings. The molecular weight excluding hydrogens is 272 g/mol. The number of ether oxygens (including phenoxy) is 3. The number of carbonyl (C=O) groups is 1. The SMILES string of the molecule is CCC(C)NC(=O)C(C)Oc1cc2c(cc1CN)OCO2. The predicted molar refractivity (Wildman–Crippen MR) is 78.4 cm³/mol. The second-order valence-electron chi connectivity index (χ2n) is 5.10. The Hall–Kier alpha value is -1.95. The summed E-state index contributed by atoms with van der Waals surface area (Å²) in [6.45, 7) is 6.17. The van der Waals surface area contributed by atoms with Crippen molar-refractivity contribution in [1.29, 1.82) is 0 Å². The Kier molecular flexibility index (Phi) is 4.90. The molecular formula is C15H22N2O4. The van der Waals surface area contributed by atoms with Crippen LogP contribution in [-0.2, 0) is 11.3 Å². The summed E-state index contributed by atoms with van der Waals surface area (Å²) in [6, 6.07) is 3.63. The molecule has 2 unspecified atom stereocenters. The highest BCUT2D eigenvalue weighted by Gasteiger charge is 2.21. The molecule has 0 radical (unpaired) electrons. The topological polar surface area (TPSA) is 82.8 Å². The molecule has 6 heteroatoms.